The monoisotopic (exact) mass is 331 g/mol. The molecule has 1 aromatic heterocycles. The minimum Gasteiger partial charge on any atom is -0.366 e. The highest BCUT2D eigenvalue weighted by Gasteiger charge is 2.25. The van der Waals surface area contributed by atoms with Crippen molar-refractivity contribution in [1.82, 2.24) is 4.98 Å². The third-order valence-corrected chi connectivity index (χ3v) is 4.18. The molecule has 0 unspecified atom stereocenters. The topological polar surface area (TPSA) is 59.2 Å². The van der Waals surface area contributed by atoms with E-state index in [1.165, 1.54) is 5.56 Å². The molecule has 2 heterocycles. The van der Waals surface area contributed by atoms with Crippen LogP contribution >= 0.6 is 15.9 Å². The second-order valence-corrected chi connectivity index (χ2v) is 5.29. The molecule has 0 radical (unpaired) electrons. The zero-order chi connectivity index (χ0) is 14.1. The number of nitrogens with zero attached hydrogens (tertiary/aromatic N) is 2. The van der Waals surface area contributed by atoms with Crippen molar-refractivity contribution in [3.8, 4) is 0 Å². The fraction of sp³-hybridized carbons (Fsp3) is 0.200. The maximum Gasteiger partial charge on any atom is 0.249 e. The minimum atomic E-state index is -0.370. The van der Waals surface area contributed by atoms with Crippen molar-refractivity contribution in [1.29, 1.82) is 0 Å². The van der Waals surface area contributed by atoms with Gasteiger partial charge in [0, 0.05) is 29.3 Å². The van der Waals surface area contributed by atoms with Crippen molar-refractivity contribution in [2.45, 2.75) is 11.8 Å². The predicted octanol–water partition coefficient (Wildman–Crippen LogP) is 2.77. The summed E-state index contributed by atoms with van der Waals surface area (Å²) in [5, 5.41) is 0.796. The molecule has 0 spiro atoms. The van der Waals surface area contributed by atoms with E-state index in [1.54, 1.807) is 6.07 Å². The molecule has 1 aromatic carbocycles. The summed E-state index contributed by atoms with van der Waals surface area (Å²) >= 11 is 3.46. The number of nitrogens with two attached hydrogens (primary N) is 1. The van der Waals surface area contributed by atoms with Gasteiger partial charge in [-0.25, -0.2) is 4.98 Å². The van der Waals surface area contributed by atoms with E-state index in [0.29, 0.717) is 5.56 Å². The lowest BCUT2D eigenvalue weighted by Crippen LogP contribution is -2.15. The van der Waals surface area contributed by atoms with E-state index >= 15 is 0 Å². The summed E-state index contributed by atoms with van der Waals surface area (Å²) in [5.41, 5.74) is 9.27. The Labute approximate surface area is 125 Å². The largest absolute Gasteiger partial charge is 0.366 e. The van der Waals surface area contributed by atoms with Gasteiger partial charge in [-0.2, -0.15) is 0 Å². The highest BCUT2D eigenvalue weighted by atomic mass is 79.9. The molecular formula is C15H14BrN3O. The number of hydrogen-bond acceptors (Lipinski definition) is 3. The van der Waals surface area contributed by atoms with Crippen LogP contribution in [-0.2, 0) is 11.8 Å². The van der Waals surface area contributed by atoms with E-state index in [2.05, 4.69) is 31.9 Å². The summed E-state index contributed by atoms with van der Waals surface area (Å²) in [4.78, 5) is 18.1. The molecule has 2 aromatic rings. The first kappa shape index (κ1) is 13.1. The number of rotatable bonds is 3. The predicted molar refractivity (Wildman–Crippen MR) is 82.5 cm³/mol. The van der Waals surface area contributed by atoms with Gasteiger partial charge in [0.2, 0.25) is 5.91 Å². The lowest BCUT2D eigenvalue weighted by Gasteiger charge is -2.19. The van der Waals surface area contributed by atoms with Gasteiger partial charge in [0.15, 0.2) is 0 Å². The van der Waals surface area contributed by atoms with Crippen molar-refractivity contribution in [2.75, 3.05) is 11.4 Å². The maximum atomic E-state index is 11.5. The van der Waals surface area contributed by atoms with Crippen LogP contribution in [0.5, 0.6) is 0 Å². The van der Waals surface area contributed by atoms with Crippen molar-refractivity contribution in [3.63, 3.8) is 0 Å². The van der Waals surface area contributed by atoms with E-state index in [0.717, 1.165) is 35.4 Å². The van der Waals surface area contributed by atoms with Gasteiger partial charge >= 0.3 is 0 Å². The number of pyridine rings is 1. The van der Waals surface area contributed by atoms with Gasteiger partial charge in [-0.05, 0) is 41.8 Å². The summed E-state index contributed by atoms with van der Waals surface area (Å²) in [6, 6.07) is 9.70. The van der Waals surface area contributed by atoms with Crippen LogP contribution in [0.2, 0.25) is 0 Å². The molecule has 0 saturated carbocycles. The van der Waals surface area contributed by atoms with Crippen LogP contribution in [0.15, 0.2) is 36.5 Å². The summed E-state index contributed by atoms with van der Waals surface area (Å²) in [7, 11) is 0. The van der Waals surface area contributed by atoms with Gasteiger partial charge < -0.3 is 10.6 Å². The Morgan fingerprint density at radius 2 is 2.25 bits per heavy atom. The van der Waals surface area contributed by atoms with Gasteiger partial charge in [-0.3, -0.25) is 4.79 Å². The number of fused-ring (bicyclic) bond motifs is 1. The number of amides is 1. The first-order valence-corrected chi connectivity index (χ1v) is 7.53. The normalized spacial score (nSPS) is 13.3. The average Bonchev–Trinajstić information content (AvgIpc) is 2.91. The lowest BCUT2D eigenvalue weighted by molar-refractivity contribution is 0.0999. The summed E-state index contributed by atoms with van der Waals surface area (Å²) in [6.07, 6.45) is 2.62. The van der Waals surface area contributed by atoms with Gasteiger partial charge in [-0.15, -0.1) is 0 Å². The molecule has 1 aliphatic rings. The van der Waals surface area contributed by atoms with Crippen LogP contribution in [-0.4, -0.2) is 17.4 Å². The molecule has 0 aliphatic carbocycles. The molecule has 4 nitrogen and oxygen atoms in total. The van der Waals surface area contributed by atoms with Gasteiger partial charge in [0.05, 0.1) is 0 Å². The molecule has 5 heteroatoms. The van der Waals surface area contributed by atoms with Crippen LogP contribution in [0.3, 0.4) is 0 Å². The Morgan fingerprint density at radius 1 is 1.40 bits per heavy atom. The van der Waals surface area contributed by atoms with Crippen molar-refractivity contribution < 1.29 is 4.79 Å². The SMILES string of the molecule is NC(=O)c1cccc2c1CCN2c1cc(CBr)ccn1. The van der Waals surface area contributed by atoms with Crippen molar-refractivity contribution >= 4 is 33.3 Å². The highest BCUT2D eigenvalue weighted by molar-refractivity contribution is 9.08. The quantitative estimate of drug-likeness (QED) is 0.880. The van der Waals surface area contributed by atoms with Crippen LogP contribution in [0.4, 0.5) is 11.5 Å². The fourth-order valence-corrected chi connectivity index (χ4v) is 2.94. The molecule has 2 N–H and O–H groups in total. The van der Waals surface area contributed by atoms with Crippen molar-refractivity contribution in [3.05, 3.63) is 53.2 Å². The van der Waals surface area contributed by atoms with E-state index in [1.807, 2.05) is 24.4 Å². The molecule has 0 atom stereocenters. The van der Waals surface area contributed by atoms with E-state index in [-0.39, 0.29) is 5.91 Å². The van der Waals surface area contributed by atoms with Gasteiger partial charge in [0.25, 0.3) is 0 Å². The molecule has 20 heavy (non-hydrogen) atoms. The molecule has 0 bridgehead atoms. The third-order valence-electron chi connectivity index (χ3n) is 3.53. The second-order valence-electron chi connectivity index (χ2n) is 4.73. The maximum absolute atomic E-state index is 11.5. The number of halogens is 1. The second kappa shape index (κ2) is 5.25. The zero-order valence-electron chi connectivity index (χ0n) is 10.8. The first-order valence-electron chi connectivity index (χ1n) is 6.41. The smallest absolute Gasteiger partial charge is 0.249 e. The number of carbonyl (C=O) groups excluding carboxylic acids is 1. The Kier molecular flexibility index (Phi) is 3.44. The van der Waals surface area contributed by atoms with E-state index < -0.39 is 0 Å². The molecule has 0 fully saturated rings. The number of anilines is 2. The molecule has 1 aliphatic heterocycles. The summed E-state index contributed by atoms with van der Waals surface area (Å²) < 4.78 is 0. The molecule has 102 valence electrons. The summed E-state index contributed by atoms with van der Waals surface area (Å²) in [6.45, 7) is 0.818. The summed E-state index contributed by atoms with van der Waals surface area (Å²) in [5.74, 6) is 0.535. The number of carbonyl (C=O) groups is 1. The van der Waals surface area contributed by atoms with Crippen LogP contribution < -0.4 is 10.6 Å². The van der Waals surface area contributed by atoms with Gasteiger partial charge in [0.1, 0.15) is 5.82 Å². The molecule has 0 saturated heterocycles. The van der Waals surface area contributed by atoms with Crippen molar-refractivity contribution in [2.24, 2.45) is 5.73 Å². The third kappa shape index (κ3) is 2.18. The van der Waals surface area contributed by atoms with E-state index in [4.69, 9.17) is 5.73 Å². The minimum absolute atomic E-state index is 0.370. The zero-order valence-corrected chi connectivity index (χ0v) is 12.4. The Morgan fingerprint density at radius 3 is 3.00 bits per heavy atom. The highest BCUT2D eigenvalue weighted by Crippen LogP contribution is 2.35. The lowest BCUT2D eigenvalue weighted by atomic mass is 10.0. The van der Waals surface area contributed by atoms with Crippen LogP contribution in [0.25, 0.3) is 0 Å². The molecule has 3 rings (SSSR count). The van der Waals surface area contributed by atoms with Gasteiger partial charge in [-0.1, -0.05) is 22.0 Å². The standard InChI is InChI=1S/C15H14BrN3O/c16-9-10-4-6-18-14(8-10)19-7-5-11-12(15(17)20)2-1-3-13(11)19/h1-4,6,8H,5,7,9H2,(H2,17,20). The molecule has 1 amide bonds. The fourth-order valence-electron chi connectivity index (χ4n) is 2.59. The average molecular weight is 332 g/mol. The van der Waals surface area contributed by atoms with Crippen LogP contribution in [0.1, 0.15) is 21.5 Å². The molecular weight excluding hydrogens is 318 g/mol. The number of hydrogen-bond donors (Lipinski definition) is 1. The Balaban J connectivity index is 2.05. The number of alkyl halides is 1. The Bertz CT molecular complexity index is 672. The Hall–Kier alpha value is -1.88. The number of primary amides is 1. The number of benzene rings is 1. The van der Waals surface area contributed by atoms with Crippen LogP contribution in [0, 0.1) is 0 Å². The first-order chi connectivity index (χ1) is 9.70. The number of aromatic nitrogens is 1. The van der Waals surface area contributed by atoms with E-state index in [9.17, 15) is 4.79 Å².